The first kappa shape index (κ1) is 13.7. The second-order valence-electron chi connectivity index (χ2n) is 5.28. The van der Waals surface area contributed by atoms with Crippen molar-refractivity contribution in [2.45, 2.75) is 19.3 Å². The molecule has 0 aliphatic carbocycles. The SMILES string of the molecule is COc1cc(N2CCCCc3ccccc32)c(F)cc1N. The highest BCUT2D eigenvalue weighted by Gasteiger charge is 2.20. The van der Waals surface area contributed by atoms with E-state index >= 15 is 0 Å². The number of nitrogen functional groups attached to an aromatic ring is 1. The quantitative estimate of drug-likeness (QED) is 0.851. The third-order valence-corrected chi connectivity index (χ3v) is 3.95. The normalized spacial score (nSPS) is 14.5. The first-order valence-electron chi connectivity index (χ1n) is 7.19. The van der Waals surface area contributed by atoms with E-state index in [4.69, 9.17) is 10.5 Å². The van der Waals surface area contributed by atoms with Crippen molar-refractivity contribution < 1.29 is 9.13 Å². The maximum atomic E-state index is 14.4. The van der Waals surface area contributed by atoms with Gasteiger partial charge in [0, 0.05) is 24.4 Å². The second kappa shape index (κ2) is 5.64. The Morgan fingerprint density at radius 3 is 2.76 bits per heavy atom. The van der Waals surface area contributed by atoms with E-state index in [2.05, 4.69) is 6.07 Å². The Balaban J connectivity index is 2.12. The maximum Gasteiger partial charge on any atom is 0.149 e. The molecule has 3 nitrogen and oxygen atoms in total. The molecular formula is C17H19FN2O. The minimum absolute atomic E-state index is 0.315. The summed E-state index contributed by atoms with van der Waals surface area (Å²) in [4.78, 5) is 2.03. The summed E-state index contributed by atoms with van der Waals surface area (Å²) in [5, 5.41) is 0. The molecule has 21 heavy (non-hydrogen) atoms. The second-order valence-corrected chi connectivity index (χ2v) is 5.28. The van der Waals surface area contributed by atoms with Crippen molar-refractivity contribution in [3.63, 3.8) is 0 Å². The van der Waals surface area contributed by atoms with Crippen LogP contribution in [0.15, 0.2) is 36.4 Å². The van der Waals surface area contributed by atoms with Gasteiger partial charge in [-0.1, -0.05) is 18.2 Å². The van der Waals surface area contributed by atoms with Crippen LogP contribution in [-0.2, 0) is 6.42 Å². The van der Waals surface area contributed by atoms with Crippen molar-refractivity contribution in [1.82, 2.24) is 0 Å². The largest absolute Gasteiger partial charge is 0.495 e. The predicted octanol–water partition coefficient (Wildman–Crippen LogP) is 3.89. The van der Waals surface area contributed by atoms with E-state index in [-0.39, 0.29) is 5.82 Å². The Hall–Kier alpha value is -2.23. The zero-order valence-corrected chi connectivity index (χ0v) is 12.1. The zero-order valence-electron chi connectivity index (χ0n) is 12.1. The number of methoxy groups -OCH3 is 1. The van der Waals surface area contributed by atoms with Crippen molar-refractivity contribution in [3.05, 3.63) is 47.8 Å². The fourth-order valence-electron chi connectivity index (χ4n) is 2.88. The summed E-state index contributed by atoms with van der Waals surface area (Å²) in [5.41, 5.74) is 8.94. The molecule has 1 aliphatic rings. The number of halogens is 1. The van der Waals surface area contributed by atoms with Crippen LogP contribution in [0.3, 0.4) is 0 Å². The number of fused-ring (bicyclic) bond motifs is 1. The maximum absolute atomic E-state index is 14.4. The topological polar surface area (TPSA) is 38.5 Å². The van der Waals surface area contributed by atoms with Crippen LogP contribution in [0.2, 0.25) is 0 Å². The van der Waals surface area contributed by atoms with E-state index in [1.807, 2.05) is 23.1 Å². The number of ether oxygens (including phenoxy) is 1. The first-order chi connectivity index (χ1) is 10.2. The zero-order chi connectivity index (χ0) is 14.8. The number of hydrogen-bond donors (Lipinski definition) is 1. The highest BCUT2D eigenvalue weighted by molar-refractivity contribution is 5.71. The molecule has 0 radical (unpaired) electrons. The third-order valence-electron chi connectivity index (χ3n) is 3.95. The highest BCUT2D eigenvalue weighted by Crippen LogP contribution is 2.37. The van der Waals surface area contributed by atoms with Gasteiger partial charge in [-0.3, -0.25) is 0 Å². The minimum atomic E-state index is -0.315. The Labute approximate surface area is 124 Å². The van der Waals surface area contributed by atoms with Gasteiger partial charge in [0.15, 0.2) is 0 Å². The van der Waals surface area contributed by atoms with Crippen LogP contribution >= 0.6 is 0 Å². The van der Waals surface area contributed by atoms with Crippen LogP contribution in [0.25, 0.3) is 0 Å². The number of hydrogen-bond acceptors (Lipinski definition) is 3. The van der Waals surface area contributed by atoms with Gasteiger partial charge in [-0.25, -0.2) is 4.39 Å². The van der Waals surface area contributed by atoms with Crippen LogP contribution in [0.5, 0.6) is 5.75 Å². The van der Waals surface area contributed by atoms with Gasteiger partial charge in [0.2, 0.25) is 0 Å². The molecule has 0 unspecified atom stereocenters. The molecule has 2 N–H and O–H groups in total. The standard InChI is InChI=1S/C17H19FN2O/c1-21-17-11-16(13(18)10-14(17)19)20-9-5-4-7-12-6-2-3-8-15(12)20/h2-3,6,8,10-11H,4-5,7,9,19H2,1H3. The average molecular weight is 286 g/mol. The van der Waals surface area contributed by atoms with Crippen molar-refractivity contribution in [2.75, 3.05) is 24.3 Å². The molecule has 110 valence electrons. The molecule has 0 amide bonds. The monoisotopic (exact) mass is 286 g/mol. The Bertz CT molecular complexity index is 657. The smallest absolute Gasteiger partial charge is 0.149 e. The van der Waals surface area contributed by atoms with Gasteiger partial charge in [-0.2, -0.15) is 0 Å². The lowest BCUT2D eigenvalue weighted by Crippen LogP contribution is -2.19. The highest BCUT2D eigenvalue weighted by atomic mass is 19.1. The Morgan fingerprint density at radius 2 is 1.95 bits per heavy atom. The molecule has 2 aromatic carbocycles. The van der Waals surface area contributed by atoms with Gasteiger partial charge < -0.3 is 15.4 Å². The average Bonchev–Trinajstić information content (AvgIpc) is 2.70. The summed E-state index contributed by atoms with van der Waals surface area (Å²) in [6.07, 6.45) is 3.17. The molecule has 0 atom stereocenters. The molecular weight excluding hydrogens is 267 g/mol. The number of anilines is 3. The number of rotatable bonds is 2. The molecule has 1 heterocycles. The molecule has 0 saturated heterocycles. The summed E-state index contributed by atoms with van der Waals surface area (Å²) < 4.78 is 19.6. The predicted molar refractivity (Wildman–Crippen MR) is 83.8 cm³/mol. The minimum Gasteiger partial charge on any atom is -0.495 e. The fourth-order valence-corrected chi connectivity index (χ4v) is 2.88. The molecule has 0 spiro atoms. The lowest BCUT2D eigenvalue weighted by atomic mass is 10.1. The van der Waals surface area contributed by atoms with Crippen LogP contribution < -0.4 is 15.4 Å². The third kappa shape index (κ3) is 2.53. The van der Waals surface area contributed by atoms with Gasteiger partial charge in [0.25, 0.3) is 0 Å². The van der Waals surface area contributed by atoms with E-state index in [0.717, 1.165) is 31.5 Å². The summed E-state index contributed by atoms with van der Waals surface area (Å²) >= 11 is 0. The number of benzene rings is 2. The molecule has 3 rings (SSSR count). The van der Waals surface area contributed by atoms with Crippen LogP contribution in [-0.4, -0.2) is 13.7 Å². The van der Waals surface area contributed by atoms with E-state index in [9.17, 15) is 4.39 Å². The summed E-state index contributed by atoms with van der Waals surface area (Å²) in [7, 11) is 1.55. The number of nitrogens with zero attached hydrogens (tertiary/aromatic N) is 1. The molecule has 0 bridgehead atoms. The summed E-state index contributed by atoms with van der Waals surface area (Å²) in [5.74, 6) is 0.193. The summed E-state index contributed by atoms with van der Waals surface area (Å²) in [6.45, 7) is 0.793. The van der Waals surface area contributed by atoms with Crippen LogP contribution in [0.4, 0.5) is 21.5 Å². The van der Waals surface area contributed by atoms with Crippen molar-refractivity contribution >= 4 is 17.1 Å². The van der Waals surface area contributed by atoms with Crippen molar-refractivity contribution in [3.8, 4) is 5.75 Å². The summed E-state index contributed by atoms with van der Waals surface area (Å²) in [6, 6.07) is 11.2. The number of para-hydroxylation sites is 1. The Morgan fingerprint density at radius 1 is 1.14 bits per heavy atom. The van der Waals surface area contributed by atoms with Gasteiger partial charge in [0.05, 0.1) is 18.5 Å². The number of aryl methyl sites for hydroxylation is 1. The molecule has 4 heteroatoms. The first-order valence-corrected chi connectivity index (χ1v) is 7.19. The van der Waals surface area contributed by atoms with E-state index in [0.29, 0.717) is 17.1 Å². The number of nitrogens with two attached hydrogens (primary N) is 1. The lowest BCUT2D eigenvalue weighted by Gasteiger charge is -2.26. The van der Waals surface area contributed by atoms with Gasteiger partial charge in [-0.05, 0) is 30.9 Å². The molecule has 2 aromatic rings. The van der Waals surface area contributed by atoms with E-state index in [1.54, 1.807) is 13.2 Å². The van der Waals surface area contributed by atoms with E-state index < -0.39 is 0 Å². The molecule has 0 fully saturated rings. The Kier molecular flexibility index (Phi) is 3.69. The lowest BCUT2D eigenvalue weighted by molar-refractivity contribution is 0.416. The van der Waals surface area contributed by atoms with Crippen LogP contribution in [0.1, 0.15) is 18.4 Å². The van der Waals surface area contributed by atoms with E-state index in [1.165, 1.54) is 11.6 Å². The van der Waals surface area contributed by atoms with Crippen LogP contribution in [0, 0.1) is 5.82 Å². The molecule has 1 aliphatic heterocycles. The molecule has 0 saturated carbocycles. The fraction of sp³-hybridized carbons (Fsp3) is 0.294. The van der Waals surface area contributed by atoms with Crippen molar-refractivity contribution in [2.24, 2.45) is 0 Å². The molecule has 0 aromatic heterocycles. The van der Waals surface area contributed by atoms with Gasteiger partial charge >= 0.3 is 0 Å². The van der Waals surface area contributed by atoms with Gasteiger partial charge in [0.1, 0.15) is 11.6 Å². The van der Waals surface area contributed by atoms with Gasteiger partial charge in [-0.15, -0.1) is 0 Å². The van der Waals surface area contributed by atoms with Crippen molar-refractivity contribution in [1.29, 1.82) is 0 Å².